The van der Waals surface area contributed by atoms with E-state index in [-0.39, 0.29) is 34.6 Å². The van der Waals surface area contributed by atoms with E-state index in [9.17, 15) is 24.9 Å². The van der Waals surface area contributed by atoms with E-state index in [4.69, 9.17) is 14.2 Å². The normalized spacial score (nSPS) is 17.5. The number of hydrogen-bond donors (Lipinski definition) is 3. The lowest BCUT2D eigenvalue weighted by Gasteiger charge is -2.28. The van der Waals surface area contributed by atoms with E-state index in [1.165, 1.54) is 31.4 Å². The van der Waals surface area contributed by atoms with E-state index in [0.717, 1.165) is 12.7 Å². The van der Waals surface area contributed by atoms with Gasteiger partial charge in [0.2, 0.25) is 11.4 Å². The number of benzene rings is 2. The highest BCUT2D eigenvalue weighted by atomic mass is 16.6. The van der Waals surface area contributed by atoms with Crippen LogP contribution in [0.2, 0.25) is 0 Å². The van der Waals surface area contributed by atoms with Crippen LogP contribution in [-0.2, 0) is 31.9 Å². The number of carbonyl (C=O) groups is 2. The maximum atomic E-state index is 13.0. The van der Waals surface area contributed by atoms with Crippen LogP contribution in [0.25, 0.3) is 5.57 Å². The number of carbonyl (C=O) groups excluding carboxylic acids is 2. The van der Waals surface area contributed by atoms with Gasteiger partial charge in [0.15, 0.2) is 0 Å². The van der Waals surface area contributed by atoms with Gasteiger partial charge in [-0.25, -0.2) is 9.59 Å². The van der Waals surface area contributed by atoms with Crippen LogP contribution in [0, 0.1) is 0 Å². The van der Waals surface area contributed by atoms with Crippen molar-refractivity contribution in [2.75, 3.05) is 14.2 Å². The topological polar surface area (TPSA) is 123 Å². The van der Waals surface area contributed by atoms with Crippen molar-refractivity contribution >= 4 is 17.5 Å². The zero-order valence-electron chi connectivity index (χ0n) is 18.8. The zero-order chi connectivity index (χ0) is 24.3. The van der Waals surface area contributed by atoms with Gasteiger partial charge in [0.05, 0.1) is 19.8 Å². The summed E-state index contributed by atoms with van der Waals surface area (Å²) < 4.78 is 15.7. The zero-order valence-corrected chi connectivity index (χ0v) is 18.8. The first-order chi connectivity index (χ1) is 15.6. The predicted octanol–water partition coefficient (Wildman–Crippen LogP) is 3.60. The first kappa shape index (κ1) is 23.7. The smallest absolute Gasteiger partial charge is 0.375 e. The summed E-state index contributed by atoms with van der Waals surface area (Å²) >= 11 is 0. The Bertz CT molecular complexity index is 1140. The van der Waals surface area contributed by atoms with Crippen molar-refractivity contribution < 1.29 is 39.1 Å². The van der Waals surface area contributed by atoms with Gasteiger partial charge in [-0.1, -0.05) is 29.8 Å². The summed E-state index contributed by atoms with van der Waals surface area (Å²) in [5, 5.41) is 31.2. The molecule has 0 radical (unpaired) electrons. The molecule has 8 nitrogen and oxygen atoms in total. The number of aromatic hydroxyl groups is 2. The summed E-state index contributed by atoms with van der Waals surface area (Å²) in [7, 11) is 2.62. The van der Waals surface area contributed by atoms with Crippen LogP contribution in [0.15, 0.2) is 53.8 Å². The van der Waals surface area contributed by atoms with Gasteiger partial charge >= 0.3 is 11.9 Å². The quantitative estimate of drug-likeness (QED) is 0.429. The highest BCUT2D eigenvalue weighted by Crippen LogP contribution is 2.45. The van der Waals surface area contributed by atoms with Crippen molar-refractivity contribution in [3.63, 3.8) is 0 Å². The molecule has 1 aliphatic heterocycles. The number of esters is 2. The maximum Gasteiger partial charge on any atom is 0.375 e. The Morgan fingerprint density at radius 1 is 1.06 bits per heavy atom. The molecule has 0 saturated heterocycles. The molecule has 33 heavy (non-hydrogen) atoms. The minimum atomic E-state index is -2.05. The second-order valence-electron chi connectivity index (χ2n) is 7.90. The highest BCUT2D eigenvalue weighted by Gasteiger charge is 2.56. The Morgan fingerprint density at radius 2 is 1.73 bits per heavy atom. The Labute approximate surface area is 191 Å². The molecule has 0 fully saturated rings. The highest BCUT2D eigenvalue weighted by molar-refractivity contribution is 6.11. The third kappa shape index (κ3) is 4.37. The van der Waals surface area contributed by atoms with Gasteiger partial charge in [-0.3, -0.25) is 0 Å². The van der Waals surface area contributed by atoms with Gasteiger partial charge in [0.1, 0.15) is 17.2 Å². The summed E-state index contributed by atoms with van der Waals surface area (Å²) in [6.07, 6.45) is 1.99. The van der Waals surface area contributed by atoms with Crippen molar-refractivity contribution in [1.29, 1.82) is 0 Å². The van der Waals surface area contributed by atoms with E-state index < -0.39 is 23.3 Å². The second kappa shape index (κ2) is 9.28. The number of allylic oxidation sites excluding steroid dienone is 2. The molecular weight excluding hydrogens is 428 g/mol. The van der Waals surface area contributed by atoms with Crippen LogP contribution in [0.1, 0.15) is 30.5 Å². The van der Waals surface area contributed by atoms with Crippen LogP contribution in [-0.4, -0.2) is 47.1 Å². The number of phenolic OH excluding ortho intramolecular Hbond substituents is 2. The van der Waals surface area contributed by atoms with Gasteiger partial charge in [0, 0.05) is 12.0 Å². The monoisotopic (exact) mass is 454 g/mol. The molecule has 0 spiro atoms. The van der Waals surface area contributed by atoms with Crippen LogP contribution >= 0.6 is 0 Å². The van der Waals surface area contributed by atoms with E-state index >= 15 is 0 Å². The molecule has 0 amide bonds. The molecule has 3 N–H and O–H groups in total. The summed E-state index contributed by atoms with van der Waals surface area (Å²) in [5.74, 6) is -2.47. The molecule has 2 aromatic rings. The molecule has 3 rings (SSSR count). The minimum Gasteiger partial charge on any atom is -0.508 e. The molecule has 0 bridgehead atoms. The van der Waals surface area contributed by atoms with E-state index in [0.29, 0.717) is 17.7 Å². The number of aliphatic hydroxyl groups excluding tert-OH is 1. The van der Waals surface area contributed by atoms with Crippen molar-refractivity contribution in [1.82, 2.24) is 0 Å². The molecule has 0 saturated carbocycles. The third-order valence-corrected chi connectivity index (χ3v) is 5.47. The van der Waals surface area contributed by atoms with E-state index in [2.05, 4.69) is 0 Å². The average molecular weight is 454 g/mol. The number of phenols is 2. The van der Waals surface area contributed by atoms with Crippen LogP contribution in [0.5, 0.6) is 17.2 Å². The number of ether oxygens (including phenoxy) is 3. The van der Waals surface area contributed by atoms with Crippen molar-refractivity contribution in [2.24, 2.45) is 0 Å². The molecule has 0 unspecified atom stereocenters. The first-order valence-corrected chi connectivity index (χ1v) is 10.2. The number of hydrogen-bond acceptors (Lipinski definition) is 8. The Balaban J connectivity index is 2.18. The van der Waals surface area contributed by atoms with Crippen LogP contribution in [0.4, 0.5) is 0 Å². The standard InChI is InChI=1S/C25H26O8/c1-14(2)5-11-18-19(31-3)12-8-16(21(18)27)13-25(24(30)32-4)20(22(28)23(29)33-25)15-6-9-17(26)10-7-15/h5-10,12,26-28H,11,13H2,1-4H3/t25-/m1/s1. The SMILES string of the molecule is COC(=O)[C@]1(Cc2ccc(OC)c(CC=C(C)C)c2O)OC(=O)C(O)=C1c1ccc(O)cc1. The largest absolute Gasteiger partial charge is 0.508 e. The second-order valence-corrected chi connectivity index (χ2v) is 7.90. The molecular formula is C25H26O8. The van der Waals surface area contributed by atoms with E-state index in [1.54, 1.807) is 12.1 Å². The summed E-state index contributed by atoms with van der Waals surface area (Å²) in [6, 6.07) is 8.78. The van der Waals surface area contributed by atoms with Crippen LogP contribution in [0.3, 0.4) is 0 Å². The average Bonchev–Trinajstić information content (AvgIpc) is 3.04. The lowest BCUT2D eigenvalue weighted by molar-refractivity contribution is -0.169. The molecule has 0 aromatic heterocycles. The summed E-state index contributed by atoms with van der Waals surface area (Å²) in [6.45, 7) is 3.85. The lowest BCUT2D eigenvalue weighted by atomic mass is 9.82. The number of cyclic esters (lactones) is 1. The van der Waals surface area contributed by atoms with Crippen LogP contribution < -0.4 is 4.74 Å². The molecule has 0 aliphatic carbocycles. The molecule has 8 heteroatoms. The third-order valence-electron chi connectivity index (χ3n) is 5.47. The Kier molecular flexibility index (Phi) is 6.67. The summed E-state index contributed by atoms with van der Waals surface area (Å²) in [5.41, 5.74) is -0.0518. The molecule has 1 aliphatic rings. The minimum absolute atomic E-state index is 0.0375. The van der Waals surface area contributed by atoms with Gasteiger partial charge in [-0.05, 0) is 49.6 Å². The fourth-order valence-electron chi connectivity index (χ4n) is 3.83. The fraction of sp³-hybridized carbons (Fsp3) is 0.280. The lowest BCUT2D eigenvalue weighted by Crippen LogP contribution is -2.44. The molecule has 2 aromatic carbocycles. The molecule has 1 heterocycles. The molecule has 174 valence electrons. The maximum absolute atomic E-state index is 13.0. The number of aliphatic hydroxyl groups is 1. The van der Waals surface area contributed by atoms with Crippen molar-refractivity contribution in [2.45, 2.75) is 32.3 Å². The summed E-state index contributed by atoms with van der Waals surface area (Å²) in [4.78, 5) is 25.4. The Hall–Kier alpha value is -3.94. The van der Waals surface area contributed by atoms with Gasteiger partial charge < -0.3 is 29.5 Å². The van der Waals surface area contributed by atoms with Gasteiger partial charge in [0.25, 0.3) is 0 Å². The molecule has 1 atom stereocenters. The van der Waals surface area contributed by atoms with Crippen molar-refractivity contribution in [3.05, 3.63) is 70.5 Å². The first-order valence-electron chi connectivity index (χ1n) is 10.2. The van der Waals surface area contributed by atoms with E-state index in [1.807, 2.05) is 19.9 Å². The van der Waals surface area contributed by atoms with Gasteiger partial charge in [-0.15, -0.1) is 0 Å². The number of rotatable bonds is 7. The van der Waals surface area contributed by atoms with Crippen molar-refractivity contribution in [3.8, 4) is 17.2 Å². The Morgan fingerprint density at radius 3 is 2.30 bits per heavy atom. The number of methoxy groups -OCH3 is 2. The predicted molar refractivity (Wildman–Crippen MR) is 120 cm³/mol. The van der Waals surface area contributed by atoms with Gasteiger partial charge in [-0.2, -0.15) is 0 Å². The fourth-order valence-corrected chi connectivity index (χ4v) is 3.83.